The van der Waals surface area contributed by atoms with E-state index in [2.05, 4.69) is 35.2 Å². The van der Waals surface area contributed by atoms with Gasteiger partial charge in [0.15, 0.2) is 0 Å². The van der Waals surface area contributed by atoms with E-state index in [-0.39, 0.29) is 12.1 Å². The van der Waals surface area contributed by atoms with Crippen molar-refractivity contribution >= 4 is 5.82 Å². The smallest absolute Gasteiger partial charge is 0.128 e. The van der Waals surface area contributed by atoms with E-state index in [0.29, 0.717) is 5.82 Å². The van der Waals surface area contributed by atoms with Gasteiger partial charge in [-0.05, 0) is 32.1 Å². The lowest BCUT2D eigenvalue weighted by Gasteiger charge is -2.36. The van der Waals surface area contributed by atoms with Crippen LogP contribution in [-0.4, -0.2) is 49.3 Å². The molecule has 1 aliphatic rings. The second kappa shape index (κ2) is 6.32. The van der Waals surface area contributed by atoms with Crippen LogP contribution in [0, 0.1) is 6.92 Å². The van der Waals surface area contributed by atoms with Crippen LogP contribution in [0.15, 0.2) is 12.3 Å². The van der Waals surface area contributed by atoms with E-state index in [1.165, 1.54) is 0 Å². The van der Waals surface area contributed by atoms with Gasteiger partial charge in [-0.2, -0.15) is 0 Å². The zero-order chi connectivity index (χ0) is 13.8. The Labute approximate surface area is 115 Å². The van der Waals surface area contributed by atoms with E-state index in [1.807, 2.05) is 6.92 Å². The SMILES string of the molecule is CCNC(c1cc(C)cnc1N)C1CN(C)CCO1. The number of nitrogens with two attached hydrogens (primary N) is 1. The summed E-state index contributed by atoms with van der Waals surface area (Å²) in [5.41, 5.74) is 8.21. The predicted octanol–water partition coefficient (Wildman–Crippen LogP) is 0.953. The summed E-state index contributed by atoms with van der Waals surface area (Å²) in [5, 5.41) is 3.49. The molecule has 1 aromatic heterocycles. The zero-order valence-electron chi connectivity index (χ0n) is 12.0. The van der Waals surface area contributed by atoms with Gasteiger partial charge in [-0.3, -0.25) is 0 Å². The summed E-state index contributed by atoms with van der Waals surface area (Å²) >= 11 is 0. The van der Waals surface area contributed by atoms with E-state index in [9.17, 15) is 0 Å². The highest BCUT2D eigenvalue weighted by atomic mass is 16.5. The van der Waals surface area contributed by atoms with Crippen molar-refractivity contribution in [3.8, 4) is 0 Å². The lowest BCUT2D eigenvalue weighted by atomic mass is 9.99. The third kappa shape index (κ3) is 3.43. The molecule has 1 saturated heterocycles. The number of nitrogens with zero attached hydrogens (tertiary/aromatic N) is 2. The van der Waals surface area contributed by atoms with Gasteiger partial charge in [0.25, 0.3) is 0 Å². The first kappa shape index (κ1) is 14.2. The molecule has 19 heavy (non-hydrogen) atoms. The van der Waals surface area contributed by atoms with Crippen LogP contribution in [0.3, 0.4) is 0 Å². The molecule has 0 aliphatic carbocycles. The topological polar surface area (TPSA) is 63.4 Å². The molecule has 0 amide bonds. The van der Waals surface area contributed by atoms with E-state index in [0.717, 1.165) is 37.4 Å². The van der Waals surface area contributed by atoms with Crippen LogP contribution in [-0.2, 0) is 4.74 Å². The number of likely N-dealkylation sites (N-methyl/N-ethyl adjacent to an activating group) is 2. The van der Waals surface area contributed by atoms with Crippen LogP contribution in [0.5, 0.6) is 0 Å². The molecular formula is C14H24N4O. The van der Waals surface area contributed by atoms with Crippen LogP contribution in [0.4, 0.5) is 5.82 Å². The molecule has 5 heteroatoms. The van der Waals surface area contributed by atoms with E-state index < -0.39 is 0 Å². The van der Waals surface area contributed by atoms with Gasteiger partial charge in [-0.15, -0.1) is 0 Å². The monoisotopic (exact) mass is 264 g/mol. The highest BCUT2D eigenvalue weighted by molar-refractivity contribution is 5.43. The number of hydrogen-bond donors (Lipinski definition) is 2. The van der Waals surface area contributed by atoms with Crippen molar-refractivity contribution in [1.29, 1.82) is 0 Å². The Hall–Kier alpha value is -1.17. The minimum absolute atomic E-state index is 0.0974. The molecule has 0 spiro atoms. The molecule has 2 heterocycles. The molecule has 106 valence electrons. The number of morpholine rings is 1. The number of ether oxygens (including phenoxy) is 1. The standard InChI is InChI=1S/C14H24N4O/c1-4-16-13(12-9-18(3)5-6-19-12)11-7-10(2)8-17-14(11)15/h7-8,12-13,16H,4-6,9H2,1-3H3,(H2,15,17). The molecule has 5 nitrogen and oxygen atoms in total. The van der Waals surface area contributed by atoms with Crippen molar-refractivity contribution in [2.24, 2.45) is 0 Å². The Kier molecular flexibility index (Phi) is 4.74. The number of hydrogen-bond acceptors (Lipinski definition) is 5. The van der Waals surface area contributed by atoms with Gasteiger partial charge in [0.05, 0.1) is 18.8 Å². The first-order valence-corrected chi connectivity index (χ1v) is 6.87. The van der Waals surface area contributed by atoms with E-state index >= 15 is 0 Å². The molecule has 0 bridgehead atoms. The first-order chi connectivity index (χ1) is 9.11. The van der Waals surface area contributed by atoms with Crippen molar-refractivity contribution in [1.82, 2.24) is 15.2 Å². The van der Waals surface area contributed by atoms with Gasteiger partial charge in [0.1, 0.15) is 5.82 Å². The number of nitrogens with one attached hydrogen (secondary N) is 1. The largest absolute Gasteiger partial charge is 0.383 e. The number of nitrogen functional groups attached to an aromatic ring is 1. The molecule has 1 fully saturated rings. The zero-order valence-corrected chi connectivity index (χ0v) is 12.0. The highest BCUT2D eigenvalue weighted by Gasteiger charge is 2.29. The first-order valence-electron chi connectivity index (χ1n) is 6.87. The van der Waals surface area contributed by atoms with E-state index in [1.54, 1.807) is 6.20 Å². The summed E-state index contributed by atoms with van der Waals surface area (Å²) in [6.45, 7) is 7.66. The second-order valence-corrected chi connectivity index (χ2v) is 5.19. The molecule has 1 aromatic rings. The normalized spacial score (nSPS) is 22.4. The molecule has 0 aromatic carbocycles. The molecule has 0 radical (unpaired) electrons. The summed E-state index contributed by atoms with van der Waals surface area (Å²) in [5.74, 6) is 0.591. The van der Waals surface area contributed by atoms with Gasteiger partial charge < -0.3 is 20.7 Å². The Morgan fingerprint density at radius 2 is 2.42 bits per heavy atom. The molecule has 2 atom stereocenters. The van der Waals surface area contributed by atoms with Crippen molar-refractivity contribution in [3.63, 3.8) is 0 Å². The average molecular weight is 264 g/mol. The van der Waals surface area contributed by atoms with Gasteiger partial charge in [-0.25, -0.2) is 4.98 Å². The molecule has 1 aliphatic heterocycles. The van der Waals surface area contributed by atoms with Crippen molar-refractivity contribution in [3.05, 3.63) is 23.4 Å². The summed E-state index contributed by atoms with van der Waals surface area (Å²) in [6.07, 6.45) is 1.92. The molecule has 0 saturated carbocycles. The summed E-state index contributed by atoms with van der Waals surface area (Å²) in [7, 11) is 2.12. The van der Waals surface area contributed by atoms with Crippen LogP contribution in [0.1, 0.15) is 24.1 Å². The summed E-state index contributed by atoms with van der Waals surface area (Å²) in [6, 6.07) is 2.20. The van der Waals surface area contributed by atoms with Gasteiger partial charge in [0.2, 0.25) is 0 Å². The van der Waals surface area contributed by atoms with Crippen molar-refractivity contribution < 1.29 is 4.74 Å². The van der Waals surface area contributed by atoms with Crippen LogP contribution in [0.25, 0.3) is 0 Å². The number of aryl methyl sites for hydroxylation is 1. The van der Waals surface area contributed by atoms with Gasteiger partial charge in [0, 0.05) is 24.8 Å². The number of rotatable bonds is 4. The van der Waals surface area contributed by atoms with E-state index in [4.69, 9.17) is 10.5 Å². The number of pyridine rings is 1. The molecule has 2 unspecified atom stereocenters. The Morgan fingerprint density at radius 3 is 3.11 bits per heavy atom. The lowest BCUT2D eigenvalue weighted by Crippen LogP contribution is -2.47. The van der Waals surface area contributed by atoms with Crippen LogP contribution in [0.2, 0.25) is 0 Å². The maximum atomic E-state index is 6.04. The highest BCUT2D eigenvalue weighted by Crippen LogP contribution is 2.26. The Balaban J connectivity index is 2.25. The number of aromatic nitrogens is 1. The Morgan fingerprint density at radius 1 is 1.63 bits per heavy atom. The number of anilines is 1. The third-order valence-electron chi connectivity index (χ3n) is 3.51. The van der Waals surface area contributed by atoms with Crippen molar-refractivity contribution in [2.45, 2.75) is 26.0 Å². The maximum Gasteiger partial charge on any atom is 0.128 e. The average Bonchev–Trinajstić information content (AvgIpc) is 2.39. The van der Waals surface area contributed by atoms with Gasteiger partial charge in [-0.1, -0.05) is 6.92 Å². The van der Waals surface area contributed by atoms with Crippen molar-refractivity contribution in [2.75, 3.05) is 39.0 Å². The minimum atomic E-state index is 0.0974. The van der Waals surface area contributed by atoms with Gasteiger partial charge >= 0.3 is 0 Å². The minimum Gasteiger partial charge on any atom is -0.383 e. The maximum absolute atomic E-state index is 6.04. The van der Waals surface area contributed by atoms with Crippen LogP contribution < -0.4 is 11.1 Å². The third-order valence-corrected chi connectivity index (χ3v) is 3.51. The molecule has 2 rings (SSSR count). The predicted molar refractivity (Wildman–Crippen MR) is 77.0 cm³/mol. The molecule has 3 N–H and O–H groups in total. The molecular weight excluding hydrogens is 240 g/mol. The Bertz CT molecular complexity index is 424. The summed E-state index contributed by atoms with van der Waals surface area (Å²) < 4.78 is 5.92. The fourth-order valence-electron chi connectivity index (χ4n) is 2.53. The lowest BCUT2D eigenvalue weighted by molar-refractivity contribution is -0.0389. The second-order valence-electron chi connectivity index (χ2n) is 5.19. The fourth-order valence-corrected chi connectivity index (χ4v) is 2.53. The van der Waals surface area contributed by atoms with Crippen LogP contribution >= 0.6 is 0 Å². The summed E-state index contributed by atoms with van der Waals surface area (Å²) in [4.78, 5) is 6.55. The fraction of sp³-hybridized carbons (Fsp3) is 0.643. The quantitative estimate of drug-likeness (QED) is 0.848.